The van der Waals surface area contributed by atoms with Crippen LogP contribution in [0, 0.1) is 0 Å². The Balaban J connectivity index is -0.000000371. The van der Waals surface area contributed by atoms with E-state index in [4.69, 9.17) is 5.73 Å². The maximum Gasteiger partial charge on any atom is 0.124 e. The van der Waals surface area contributed by atoms with E-state index in [9.17, 15) is 5.11 Å². The minimum Gasteiger partial charge on any atom is -0.507 e. The molecule has 0 heterocycles. The van der Waals surface area contributed by atoms with E-state index in [1.165, 1.54) is 5.57 Å². The van der Waals surface area contributed by atoms with Gasteiger partial charge in [0.2, 0.25) is 0 Å². The van der Waals surface area contributed by atoms with Crippen molar-refractivity contribution in [2.45, 2.75) is 53.9 Å². The molecule has 0 aliphatic carbocycles. The number of phenols is 1. The van der Waals surface area contributed by atoms with E-state index >= 15 is 0 Å². The smallest absolute Gasteiger partial charge is 0.124 e. The second-order valence-corrected chi connectivity index (χ2v) is 6.67. The summed E-state index contributed by atoms with van der Waals surface area (Å²) in [4.78, 5) is 0. The molecule has 0 aliphatic rings. The van der Waals surface area contributed by atoms with Gasteiger partial charge in [0.15, 0.2) is 0 Å². The van der Waals surface area contributed by atoms with Crippen molar-refractivity contribution in [2.75, 3.05) is 0 Å². The number of nitrogens with two attached hydrogens (primary N) is 1. The maximum absolute atomic E-state index is 9.53. The lowest BCUT2D eigenvalue weighted by Crippen LogP contribution is -2.11. The number of benzene rings is 1. The number of aromatic hydroxyl groups is 1. The summed E-state index contributed by atoms with van der Waals surface area (Å²) in [5, 5.41) is 9.53. The normalized spacial score (nSPS) is 9.88. The van der Waals surface area contributed by atoms with Crippen LogP contribution in [0.1, 0.15) is 59.6 Å². The summed E-state index contributed by atoms with van der Waals surface area (Å²) in [5.41, 5.74) is 10.2. The Morgan fingerprint density at radius 3 is 1.73 bits per heavy atom. The van der Waals surface area contributed by atoms with Gasteiger partial charge >= 0.3 is 0 Å². The molecular formula is C24H39NO. The van der Waals surface area contributed by atoms with Crippen molar-refractivity contribution in [2.24, 2.45) is 5.73 Å². The largest absolute Gasteiger partial charge is 0.507 e. The van der Waals surface area contributed by atoms with Crippen LogP contribution in [0.25, 0.3) is 5.70 Å². The van der Waals surface area contributed by atoms with Crippen molar-refractivity contribution in [3.63, 3.8) is 0 Å². The van der Waals surface area contributed by atoms with Crippen molar-refractivity contribution in [1.82, 2.24) is 0 Å². The average Bonchev–Trinajstić information content (AvgIpc) is 2.56. The Hall–Kier alpha value is -2.48. The zero-order valence-corrected chi connectivity index (χ0v) is 17.9. The van der Waals surface area contributed by atoms with Gasteiger partial charge in [0.05, 0.1) is 0 Å². The van der Waals surface area contributed by atoms with E-state index in [0.29, 0.717) is 11.3 Å². The lowest BCUT2D eigenvalue weighted by Gasteiger charge is -2.20. The fraction of sp³-hybridized carbons (Fsp3) is 0.333. The van der Waals surface area contributed by atoms with Crippen LogP contribution in [0.2, 0.25) is 0 Å². The Kier molecular flexibility index (Phi) is 16.2. The zero-order chi connectivity index (χ0) is 21.5. The molecular weight excluding hydrogens is 318 g/mol. The average molecular weight is 358 g/mol. The fourth-order valence-corrected chi connectivity index (χ4v) is 1.51. The number of hydrogen-bond acceptors (Lipinski definition) is 2. The van der Waals surface area contributed by atoms with Crippen LogP contribution in [-0.4, -0.2) is 5.11 Å². The Morgan fingerprint density at radius 2 is 1.50 bits per heavy atom. The van der Waals surface area contributed by atoms with Crippen LogP contribution in [0.15, 0.2) is 74.4 Å². The standard InChI is InChI=1S/C12H17NO.C7H12.C3H6.C2H4/c1-8(13)10-7-9(12(2,3)4)5-6-11(10)14;1-5-7(4)6(2)3;1-3-2;1-2/h5-7,14H,1,13H2,2-4H3;5H,2H2,1,3-4H3;3H,1H2,2H3;1-2H2/b;7-5+;;. The molecule has 0 aromatic heterocycles. The van der Waals surface area contributed by atoms with Gasteiger partial charge in [-0.2, -0.15) is 0 Å². The molecule has 0 aliphatic heterocycles. The van der Waals surface area contributed by atoms with E-state index in [-0.39, 0.29) is 11.2 Å². The van der Waals surface area contributed by atoms with Crippen LogP contribution in [0.5, 0.6) is 5.75 Å². The lowest BCUT2D eigenvalue weighted by molar-refractivity contribution is 0.472. The summed E-state index contributed by atoms with van der Waals surface area (Å²) in [6, 6.07) is 5.45. The van der Waals surface area contributed by atoms with E-state index < -0.39 is 0 Å². The Morgan fingerprint density at radius 1 is 1.08 bits per heavy atom. The highest BCUT2D eigenvalue weighted by atomic mass is 16.3. The molecule has 0 spiro atoms. The van der Waals surface area contributed by atoms with Crippen LogP contribution in [0.4, 0.5) is 0 Å². The first-order valence-corrected chi connectivity index (χ1v) is 8.56. The second kappa shape index (κ2) is 14.8. The third kappa shape index (κ3) is 12.9. The van der Waals surface area contributed by atoms with Crippen molar-refractivity contribution in [3.8, 4) is 5.75 Å². The first-order chi connectivity index (χ1) is 11.9. The van der Waals surface area contributed by atoms with E-state index in [1.807, 2.05) is 32.9 Å². The minimum absolute atomic E-state index is 0.0535. The molecule has 0 atom stereocenters. The highest BCUT2D eigenvalue weighted by molar-refractivity contribution is 5.66. The lowest BCUT2D eigenvalue weighted by atomic mass is 9.86. The van der Waals surface area contributed by atoms with Crippen molar-refractivity contribution >= 4 is 5.70 Å². The van der Waals surface area contributed by atoms with Crippen LogP contribution in [0.3, 0.4) is 0 Å². The predicted octanol–water partition coefficient (Wildman–Crippen LogP) is 7.14. The quantitative estimate of drug-likeness (QED) is 0.436. The molecule has 1 aromatic carbocycles. The summed E-state index contributed by atoms with van der Waals surface area (Å²) in [5.74, 6) is 0.186. The van der Waals surface area contributed by atoms with Crippen LogP contribution >= 0.6 is 0 Å². The summed E-state index contributed by atoms with van der Waals surface area (Å²) >= 11 is 0. The van der Waals surface area contributed by atoms with Gasteiger partial charge in [-0.3, -0.25) is 0 Å². The molecule has 0 saturated heterocycles. The van der Waals surface area contributed by atoms with Crippen molar-refractivity contribution in [1.29, 1.82) is 0 Å². The topological polar surface area (TPSA) is 46.2 Å². The van der Waals surface area contributed by atoms with Gasteiger partial charge < -0.3 is 10.8 Å². The molecule has 26 heavy (non-hydrogen) atoms. The zero-order valence-electron chi connectivity index (χ0n) is 17.9. The Bertz CT molecular complexity index is 601. The number of hydrogen-bond donors (Lipinski definition) is 2. The third-order valence-electron chi connectivity index (χ3n) is 3.31. The molecule has 0 saturated carbocycles. The molecule has 0 unspecified atom stereocenters. The summed E-state index contributed by atoms with van der Waals surface area (Å²) in [7, 11) is 0. The van der Waals surface area contributed by atoms with Gasteiger partial charge in [0, 0.05) is 11.3 Å². The molecule has 3 N–H and O–H groups in total. The van der Waals surface area contributed by atoms with Gasteiger partial charge in [-0.05, 0) is 50.8 Å². The molecule has 0 fully saturated rings. The van der Waals surface area contributed by atoms with Gasteiger partial charge in [0.25, 0.3) is 0 Å². The van der Waals surface area contributed by atoms with E-state index in [1.54, 1.807) is 12.1 Å². The minimum atomic E-state index is 0.0535. The molecule has 1 aromatic rings. The number of phenolic OH excluding ortho intramolecular Hbond substituents is 1. The van der Waals surface area contributed by atoms with Gasteiger partial charge in [-0.15, -0.1) is 19.7 Å². The molecule has 1 rings (SSSR count). The second-order valence-electron chi connectivity index (χ2n) is 6.67. The van der Waals surface area contributed by atoms with Crippen molar-refractivity contribution in [3.05, 3.63) is 85.5 Å². The van der Waals surface area contributed by atoms with Gasteiger partial charge in [0.1, 0.15) is 5.75 Å². The molecule has 0 radical (unpaired) electrons. The number of allylic oxidation sites excluding steroid dienone is 4. The van der Waals surface area contributed by atoms with Crippen molar-refractivity contribution < 1.29 is 5.11 Å². The Labute approximate surface area is 162 Å². The molecule has 146 valence electrons. The molecule has 0 amide bonds. The number of rotatable bonds is 2. The third-order valence-corrected chi connectivity index (χ3v) is 3.31. The van der Waals surface area contributed by atoms with Gasteiger partial charge in [-0.1, -0.05) is 63.3 Å². The highest BCUT2D eigenvalue weighted by Gasteiger charge is 2.15. The van der Waals surface area contributed by atoms with Gasteiger partial charge in [-0.25, -0.2) is 0 Å². The molecule has 2 nitrogen and oxygen atoms in total. The van der Waals surface area contributed by atoms with E-state index in [2.05, 4.69) is 66.7 Å². The maximum atomic E-state index is 9.53. The predicted molar refractivity (Wildman–Crippen MR) is 121 cm³/mol. The molecule has 2 heteroatoms. The van der Waals surface area contributed by atoms with E-state index in [0.717, 1.165) is 11.1 Å². The fourth-order valence-electron chi connectivity index (χ4n) is 1.51. The molecule has 0 bridgehead atoms. The monoisotopic (exact) mass is 357 g/mol. The summed E-state index contributed by atoms with van der Waals surface area (Å²) in [6.07, 6.45) is 3.81. The SMILES string of the molecule is C=C.C=C(C)/C(C)=C/C.C=C(N)c1cc(C(C)(C)C)ccc1O.C=CC. The summed E-state index contributed by atoms with van der Waals surface area (Å²) < 4.78 is 0. The van der Waals surface area contributed by atoms with Crippen LogP contribution < -0.4 is 5.73 Å². The first-order valence-electron chi connectivity index (χ1n) is 8.56. The highest BCUT2D eigenvalue weighted by Crippen LogP contribution is 2.29. The van der Waals surface area contributed by atoms with Crippen LogP contribution in [-0.2, 0) is 5.41 Å². The summed E-state index contributed by atoms with van der Waals surface area (Å²) in [6.45, 7) is 31.1. The first kappa shape index (κ1) is 28.3.